The molecule has 1 heterocycles. The molecule has 84 valence electrons. The van der Waals surface area contributed by atoms with Crippen molar-refractivity contribution in [3.8, 4) is 0 Å². The van der Waals surface area contributed by atoms with Gasteiger partial charge in [0.15, 0.2) is 0 Å². The van der Waals surface area contributed by atoms with Gasteiger partial charge in [-0.15, -0.1) is 0 Å². The van der Waals surface area contributed by atoms with E-state index in [9.17, 15) is 4.79 Å². The van der Waals surface area contributed by atoms with Gasteiger partial charge in [0, 0.05) is 19.7 Å². The lowest BCUT2D eigenvalue weighted by Crippen LogP contribution is -2.23. The first-order chi connectivity index (χ1) is 7.24. The maximum atomic E-state index is 11.3. The van der Waals surface area contributed by atoms with Crippen molar-refractivity contribution >= 4 is 5.91 Å². The number of hydrogen-bond donors (Lipinski definition) is 2. The third-order valence-electron chi connectivity index (χ3n) is 2.25. The van der Waals surface area contributed by atoms with Crippen LogP contribution in [0.3, 0.4) is 0 Å². The van der Waals surface area contributed by atoms with Crippen molar-refractivity contribution in [2.45, 2.75) is 25.8 Å². The number of nitrogens with one attached hydrogen (secondary N) is 1. The van der Waals surface area contributed by atoms with Crippen LogP contribution >= 0.6 is 0 Å². The lowest BCUT2D eigenvalue weighted by molar-refractivity contribution is -0.121. The number of aryl methyl sites for hydroxylation is 1. The highest BCUT2D eigenvalue weighted by Gasteiger charge is 2.02. The monoisotopic (exact) mass is 210 g/mol. The van der Waals surface area contributed by atoms with E-state index in [1.54, 1.807) is 10.9 Å². The highest BCUT2D eigenvalue weighted by atomic mass is 16.1. The molecule has 5 nitrogen and oxygen atoms in total. The standard InChI is InChI=1S/C10H18N4O/c1-14-9(5-7-13-14)8-12-10(15)4-2-3-6-11/h5,7H,2-4,6,8,11H2,1H3,(H,12,15). The summed E-state index contributed by atoms with van der Waals surface area (Å²) >= 11 is 0. The number of unbranched alkanes of at least 4 members (excludes halogenated alkanes) is 1. The number of rotatable bonds is 6. The minimum atomic E-state index is 0.0738. The summed E-state index contributed by atoms with van der Waals surface area (Å²) in [7, 11) is 1.86. The molecule has 1 aromatic heterocycles. The minimum Gasteiger partial charge on any atom is -0.350 e. The Bertz CT molecular complexity index is 308. The van der Waals surface area contributed by atoms with Gasteiger partial charge in [-0.3, -0.25) is 9.48 Å². The lowest BCUT2D eigenvalue weighted by Gasteiger charge is -2.04. The largest absolute Gasteiger partial charge is 0.350 e. The molecule has 0 saturated carbocycles. The van der Waals surface area contributed by atoms with Crippen LogP contribution in [-0.2, 0) is 18.4 Å². The first-order valence-electron chi connectivity index (χ1n) is 5.17. The Morgan fingerprint density at radius 1 is 1.60 bits per heavy atom. The summed E-state index contributed by atoms with van der Waals surface area (Å²) in [6, 6.07) is 1.89. The Hall–Kier alpha value is -1.36. The zero-order valence-electron chi connectivity index (χ0n) is 9.07. The van der Waals surface area contributed by atoms with Gasteiger partial charge in [-0.2, -0.15) is 5.10 Å². The number of carbonyl (C=O) groups excluding carboxylic acids is 1. The molecular formula is C10H18N4O. The number of carbonyl (C=O) groups is 1. The van der Waals surface area contributed by atoms with Crippen LogP contribution in [0.15, 0.2) is 12.3 Å². The molecule has 0 aliphatic carbocycles. The molecule has 1 aromatic rings. The molecule has 0 fully saturated rings. The van der Waals surface area contributed by atoms with Gasteiger partial charge in [-0.25, -0.2) is 0 Å². The lowest BCUT2D eigenvalue weighted by atomic mass is 10.2. The van der Waals surface area contributed by atoms with Crippen LogP contribution in [0.1, 0.15) is 25.0 Å². The van der Waals surface area contributed by atoms with Crippen LogP contribution < -0.4 is 11.1 Å². The molecule has 1 amide bonds. The smallest absolute Gasteiger partial charge is 0.220 e. The third-order valence-corrected chi connectivity index (χ3v) is 2.25. The molecule has 0 aliphatic heterocycles. The van der Waals surface area contributed by atoms with E-state index in [0.717, 1.165) is 18.5 Å². The van der Waals surface area contributed by atoms with Crippen molar-refractivity contribution in [3.63, 3.8) is 0 Å². The molecular weight excluding hydrogens is 192 g/mol. The fraction of sp³-hybridized carbons (Fsp3) is 0.600. The van der Waals surface area contributed by atoms with E-state index in [0.29, 0.717) is 19.5 Å². The molecule has 1 rings (SSSR count). The Morgan fingerprint density at radius 2 is 2.40 bits per heavy atom. The van der Waals surface area contributed by atoms with Crippen LogP contribution in [0.5, 0.6) is 0 Å². The number of hydrogen-bond acceptors (Lipinski definition) is 3. The van der Waals surface area contributed by atoms with Crippen LogP contribution in [0.2, 0.25) is 0 Å². The molecule has 0 unspecified atom stereocenters. The van der Waals surface area contributed by atoms with Gasteiger partial charge in [-0.1, -0.05) is 0 Å². The average molecular weight is 210 g/mol. The van der Waals surface area contributed by atoms with Gasteiger partial charge in [0.1, 0.15) is 0 Å². The van der Waals surface area contributed by atoms with Gasteiger partial charge in [-0.05, 0) is 25.5 Å². The van der Waals surface area contributed by atoms with Gasteiger partial charge in [0.25, 0.3) is 0 Å². The molecule has 0 atom stereocenters. The van der Waals surface area contributed by atoms with Crippen molar-refractivity contribution in [1.29, 1.82) is 0 Å². The molecule has 3 N–H and O–H groups in total. The van der Waals surface area contributed by atoms with E-state index in [1.807, 2.05) is 13.1 Å². The molecule has 0 radical (unpaired) electrons. The summed E-state index contributed by atoms with van der Waals surface area (Å²) in [5.74, 6) is 0.0738. The predicted octanol–water partition coefficient (Wildman–Crippen LogP) is 0.165. The number of nitrogens with zero attached hydrogens (tertiary/aromatic N) is 2. The van der Waals surface area contributed by atoms with E-state index in [-0.39, 0.29) is 5.91 Å². The molecule has 0 bridgehead atoms. The number of nitrogens with two attached hydrogens (primary N) is 1. The zero-order valence-corrected chi connectivity index (χ0v) is 9.07. The van der Waals surface area contributed by atoms with Crippen molar-refractivity contribution in [3.05, 3.63) is 18.0 Å². The fourth-order valence-corrected chi connectivity index (χ4v) is 1.28. The zero-order chi connectivity index (χ0) is 11.1. The summed E-state index contributed by atoms with van der Waals surface area (Å²) in [5.41, 5.74) is 6.34. The summed E-state index contributed by atoms with van der Waals surface area (Å²) in [4.78, 5) is 11.3. The van der Waals surface area contributed by atoms with Gasteiger partial charge >= 0.3 is 0 Å². The molecule has 0 saturated heterocycles. The van der Waals surface area contributed by atoms with Gasteiger partial charge < -0.3 is 11.1 Å². The van der Waals surface area contributed by atoms with Crippen molar-refractivity contribution in [1.82, 2.24) is 15.1 Å². The Labute approximate surface area is 89.6 Å². The van der Waals surface area contributed by atoms with Crippen LogP contribution in [0.25, 0.3) is 0 Å². The minimum absolute atomic E-state index is 0.0738. The summed E-state index contributed by atoms with van der Waals surface area (Å²) in [6.07, 6.45) is 4.03. The van der Waals surface area contributed by atoms with Crippen molar-refractivity contribution < 1.29 is 4.79 Å². The highest BCUT2D eigenvalue weighted by Crippen LogP contribution is 1.97. The van der Waals surface area contributed by atoms with Crippen molar-refractivity contribution in [2.75, 3.05) is 6.54 Å². The first kappa shape index (κ1) is 11.7. The topological polar surface area (TPSA) is 72.9 Å². The number of aromatic nitrogens is 2. The quantitative estimate of drug-likeness (QED) is 0.657. The first-order valence-corrected chi connectivity index (χ1v) is 5.17. The van der Waals surface area contributed by atoms with E-state index in [4.69, 9.17) is 5.73 Å². The molecule has 0 spiro atoms. The van der Waals surface area contributed by atoms with Crippen LogP contribution in [0, 0.1) is 0 Å². The second-order valence-electron chi connectivity index (χ2n) is 3.47. The van der Waals surface area contributed by atoms with E-state index >= 15 is 0 Å². The third kappa shape index (κ3) is 4.12. The molecule has 5 heteroatoms. The SMILES string of the molecule is Cn1nccc1CNC(=O)CCCCN. The summed E-state index contributed by atoms with van der Waals surface area (Å²) in [5, 5.41) is 6.86. The van der Waals surface area contributed by atoms with Crippen molar-refractivity contribution in [2.24, 2.45) is 12.8 Å². The van der Waals surface area contributed by atoms with E-state index in [1.165, 1.54) is 0 Å². The van der Waals surface area contributed by atoms with Crippen LogP contribution in [-0.4, -0.2) is 22.2 Å². The fourth-order valence-electron chi connectivity index (χ4n) is 1.28. The maximum absolute atomic E-state index is 11.3. The molecule has 15 heavy (non-hydrogen) atoms. The summed E-state index contributed by atoms with van der Waals surface area (Å²) < 4.78 is 1.75. The average Bonchev–Trinajstić information content (AvgIpc) is 2.61. The predicted molar refractivity (Wildman–Crippen MR) is 58.0 cm³/mol. The van der Waals surface area contributed by atoms with Gasteiger partial charge in [0.05, 0.1) is 12.2 Å². The second kappa shape index (κ2) is 6.19. The molecule has 0 aliphatic rings. The number of amides is 1. The Morgan fingerprint density at radius 3 is 3.00 bits per heavy atom. The van der Waals surface area contributed by atoms with Crippen LogP contribution in [0.4, 0.5) is 0 Å². The van der Waals surface area contributed by atoms with E-state index < -0.39 is 0 Å². The van der Waals surface area contributed by atoms with E-state index in [2.05, 4.69) is 10.4 Å². The normalized spacial score (nSPS) is 10.3. The Kier molecular flexibility index (Phi) is 4.83. The summed E-state index contributed by atoms with van der Waals surface area (Å²) in [6.45, 7) is 1.19. The Balaban J connectivity index is 2.20. The maximum Gasteiger partial charge on any atom is 0.220 e. The molecule has 0 aromatic carbocycles. The second-order valence-corrected chi connectivity index (χ2v) is 3.47. The van der Waals surface area contributed by atoms with Gasteiger partial charge in [0.2, 0.25) is 5.91 Å². The highest BCUT2D eigenvalue weighted by molar-refractivity contribution is 5.75.